The third-order valence-corrected chi connectivity index (χ3v) is 5.87. The highest BCUT2D eigenvalue weighted by Gasteiger charge is 2.30. The predicted octanol–water partition coefficient (Wildman–Crippen LogP) is 1.55. The van der Waals surface area contributed by atoms with E-state index >= 15 is 0 Å². The van der Waals surface area contributed by atoms with E-state index in [0.29, 0.717) is 37.4 Å². The van der Waals surface area contributed by atoms with Crippen LogP contribution in [0, 0.1) is 0 Å². The number of nitrogens with zero attached hydrogens (tertiary/aromatic N) is 5. The molecule has 0 bridgehead atoms. The Kier molecular flexibility index (Phi) is 6.15. The van der Waals surface area contributed by atoms with Gasteiger partial charge in [0.25, 0.3) is 0 Å². The summed E-state index contributed by atoms with van der Waals surface area (Å²) in [5.41, 5.74) is 0.980. The number of ether oxygens (including phenoxy) is 1. The molecule has 1 aliphatic heterocycles. The van der Waals surface area contributed by atoms with Gasteiger partial charge in [-0.1, -0.05) is 30.0 Å². The number of carbonyl (C=O) groups excluding carboxylic acids is 2. The van der Waals surface area contributed by atoms with Crippen LogP contribution in [0.4, 0.5) is 0 Å². The van der Waals surface area contributed by atoms with Crippen molar-refractivity contribution in [1.29, 1.82) is 0 Å². The smallest absolute Gasteiger partial charge is 0.242 e. The Labute approximate surface area is 174 Å². The minimum atomic E-state index is -0.111. The Morgan fingerprint density at radius 2 is 1.93 bits per heavy atom. The molecule has 2 aromatic rings. The summed E-state index contributed by atoms with van der Waals surface area (Å²) < 4.78 is 7.15. The molecule has 2 fully saturated rings. The molecule has 0 atom stereocenters. The number of amides is 2. The first kappa shape index (κ1) is 19.9. The molecule has 9 heteroatoms. The number of hydrogen-bond acceptors (Lipinski definition) is 6. The summed E-state index contributed by atoms with van der Waals surface area (Å²) in [4.78, 5) is 32.7. The van der Waals surface area contributed by atoms with Crippen molar-refractivity contribution in [3.8, 4) is 5.69 Å². The molecule has 1 saturated carbocycles. The molecule has 1 aromatic heterocycles. The van der Waals surface area contributed by atoms with Crippen LogP contribution < -0.4 is 0 Å². The van der Waals surface area contributed by atoms with Crippen LogP contribution in [0.5, 0.6) is 0 Å². The Morgan fingerprint density at radius 3 is 2.62 bits per heavy atom. The van der Waals surface area contributed by atoms with Crippen LogP contribution in [0.3, 0.4) is 0 Å². The first-order valence-electron chi connectivity index (χ1n) is 9.86. The molecule has 29 heavy (non-hydrogen) atoms. The zero-order valence-electron chi connectivity index (χ0n) is 16.5. The standard InChI is InChI=1S/C20H25N5O3S/c1-23(13-17(26)24-9-11-28-12-10-24)18(27)14-29-20-21-19(15-7-8-15)25(22-20)16-5-3-2-4-6-16/h2-6,15H,7-14H2,1H3. The number of likely N-dealkylation sites (N-methyl/N-ethyl adjacent to an activating group) is 1. The summed E-state index contributed by atoms with van der Waals surface area (Å²) in [7, 11) is 1.66. The van der Waals surface area contributed by atoms with E-state index in [2.05, 4.69) is 10.1 Å². The van der Waals surface area contributed by atoms with Gasteiger partial charge in [0.05, 0.1) is 31.2 Å². The van der Waals surface area contributed by atoms with Crippen molar-refractivity contribution in [3.63, 3.8) is 0 Å². The number of thioether (sulfide) groups is 1. The first-order chi connectivity index (χ1) is 14.1. The van der Waals surface area contributed by atoms with Gasteiger partial charge in [0.15, 0.2) is 0 Å². The summed E-state index contributed by atoms with van der Waals surface area (Å²) in [5.74, 6) is 1.45. The minimum Gasteiger partial charge on any atom is -0.378 e. The fourth-order valence-corrected chi connectivity index (χ4v) is 3.94. The van der Waals surface area contributed by atoms with Gasteiger partial charge in [-0.05, 0) is 25.0 Å². The lowest BCUT2D eigenvalue weighted by Crippen LogP contribution is -2.46. The third kappa shape index (κ3) is 4.97. The number of benzene rings is 1. The van der Waals surface area contributed by atoms with E-state index in [1.165, 1.54) is 16.7 Å². The fraction of sp³-hybridized carbons (Fsp3) is 0.500. The lowest BCUT2D eigenvalue weighted by molar-refractivity contribution is -0.140. The van der Waals surface area contributed by atoms with Crippen molar-refractivity contribution in [1.82, 2.24) is 24.6 Å². The maximum absolute atomic E-state index is 12.5. The van der Waals surface area contributed by atoms with Crippen molar-refractivity contribution in [3.05, 3.63) is 36.2 Å². The molecule has 0 unspecified atom stereocenters. The van der Waals surface area contributed by atoms with Gasteiger partial charge in [0.1, 0.15) is 5.82 Å². The van der Waals surface area contributed by atoms with Gasteiger partial charge in [-0.2, -0.15) is 0 Å². The van der Waals surface area contributed by atoms with E-state index in [4.69, 9.17) is 4.74 Å². The largest absolute Gasteiger partial charge is 0.378 e. The van der Waals surface area contributed by atoms with E-state index in [1.807, 2.05) is 35.0 Å². The van der Waals surface area contributed by atoms with Crippen LogP contribution in [-0.2, 0) is 14.3 Å². The number of para-hydroxylation sites is 1. The van der Waals surface area contributed by atoms with E-state index in [1.54, 1.807) is 11.9 Å². The zero-order valence-corrected chi connectivity index (χ0v) is 17.3. The molecule has 154 valence electrons. The molecule has 0 N–H and O–H groups in total. The quantitative estimate of drug-likeness (QED) is 0.639. The van der Waals surface area contributed by atoms with Crippen LogP contribution in [0.2, 0.25) is 0 Å². The normalized spacial score (nSPS) is 16.7. The maximum atomic E-state index is 12.5. The average molecular weight is 416 g/mol. The van der Waals surface area contributed by atoms with E-state index < -0.39 is 0 Å². The molecule has 0 radical (unpaired) electrons. The Morgan fingerprint density at radius 1 is 1.21 bits per heavy atom. The lowest BCUT2D eigenvalue weighted by atomic mass is 10.3. The molecule has 1 aliphatic carbocycles. The van der Waals surface area contributed by atoms with Crippen LogP contribution >= 0.6 is 11.8 Å². The van der Waals surface area contributed by atoms with Gasteiger partial charge < -0.3 is 14.5 Å². The van der Waals surface area contributed by atoms with Crippen molar-refractivity contribution in [2.45, 2.75) is 23.9 Å². The van der Waals surface area contributed by atoms with Gasteiger partial charge >= 0.3 is 0 Å². The predicted molar refractivity (Wildman–Crippen MR) is 109 cm³/mol. The molecule has 2 aliphatic rings. The highest BCUT2D eigenvalue weighted by molar-refractivity contribution is 7.99. The second-order valence-electron chi connectivity index (χ2n) is 7.31. The minimum absolute atomic E-state index is 0.0448. The lowest BCUT2D eigenvalue weighted by Gasteiger charge is -2.28. The van der Waals surface area contributed by atoms with Crippen molar-refractivity contribution >= 4 is 23.6 Å². The van der Waals surface area contributed by atoms with Gasteiger partial charge in [0, 0.05) is 26.1 Å². The molecular weight excluding hydrogens is 390 g/mol. The van der Waals surface area contributed by atoms with Crippen LogP contribution in [0.25, 0.3) is 5.69 Å². The van der Waals surface area contributed by atoms with E-state index in [9.17, 15) is 9.59 Å². The molecular formula is C20H25N5O3S. The summed E-state index contributed by atoms with van der Waals surface area (Å²) in [6.45, 7) is 2.36. The summed E-state index contributed by atoms with van der Waals surface area (Å²) >= 11 is 1.32. The molecule has 1 saturated heterocycles. The summed E-state index contributed by atoms with van der Waals surface area (Å²) in [5, 5.41) is 5.21. The topological polar surface area (TPSA) is 80.6 Å². The van der Waals surface area contributed by atoms with E-state index in [0.717, 1.165) is 24.4 Å². The number of carbonyl (C=O) groups is 2. The second kappa shape index (κ2) is 8.96. The van der Waals surface area contributed by atoms with Crippen molar-refractivity contribution < 1.29 is 14.3 Å². The highest BCUT2D eigenvalue weighted by atomic mass is 32.2. The average Bonchev–Trinajstić information content (AvgIpc) is 3.52. The Bertz CT molecular complexity index is 862. The number of morpholine rings is 1. The van der Waals surface area contributed by atoms with E-state index in [-0.39, 0.29) is 24.1 Å². The van der Waals surface area contributed by atoms with Crippen LogP contribution in [-0.4, -0.2) is 82.0 Å². The third-order valence-electron chi connectivity index (χ3n) is 5.04. The molecule has 4 rings (SSSR count). The first-order valence-corrected chi connectivity index (χ1v) is 10.8. The maximum Gasteiger partial charge on any atom is 0.242 e. The molecule has 2 heterocycles. The van der Waals surface area contributed by atoms with Crippen molar-refractivity contribution in [2.75, 3.05) is 45.6 Å². The van der Waals surface area contributed by atoms with Crippen LogP contribution in [0.15, 0.2) is 35.5 Å². The van der Waals surface area contributed by atoms with Gasteiger partial charge in [-0.25, -0.2) is 9.67 Å². The Hall–Kier alpha value is -2.39. The Balaban J connectivity index is 1.35. The number of hydrogen-bond donors (Lipinski definition) is 0. The summed E-state index contributed by atoms with van der Waals surface area (Å²) in [6.07, 6.45) is 2.25. The fourth-order valence-electron chi connectivity index (χ4n) is 3.17. The SMILES string of the molecule is CN(CC(=O)N1CCOCC1)C(=O)CSc1nc(C2CC2)n(-c2ccccc2)n1. The molecule has 1 aromatic carbocycles. The molecule has 2 amide bonds. The molecule has 0 spiro atoms. The van der Waals surface area contributed by atoms with Crippen molar-refractivity contribution in [2.24, 2.45) is 0 Å². The molecule has 8 nitrogen and oxygen atoms in total. The second-order valence-corrected chi connectivity index (χ2v) is 8.25. The number of aromatic nitrogens is 3. The highest BCUT2D eigenvalue weighted by Crippen LogP contribution is 2.40. The number of rotatable bonds is 7. The van der Waals surface area contributed by atoms with Gasteiger partial charge in [-0.3, -0.25) is 9.59 Å². The van der Waals surface area contributed by atoms with Gasteiger partial charge in [-0.15, -0.1) is 5.10 Å². The van der Waals surface area contributed by atoms with Crippen LogP contribution in [0.1, 0.15) is 24.6 Å². The summed E-state index contributed by atoms with van der Waals surface area (Å²) in [6, 6.07) is 9.94. The monoisotopic (exact) mass is 415 g/mol. The van der Waals surface area contributed by atoms with Gasteiger partial charge in [0.2, 0.25) is 17.0 Å². The zero-order chi connectivity index (χ0) is 20.2.